The van der Waals surface area contributed by atoms with E-state index >= 15 is 0 Å². The average molecular weight is 696 g/mol. The molecule has 240 valence electrons. The van der Waals surface area contributed by atoms with Gasteiger partial charge in [-0.1, -0.05) is 64.5 Å². The molecule has 2 aromatic rings. The summed E-state index contributed by atoms with van der Waals surface area (Å²) in [4.78, 5) is 77.3. The first kappa shape index (κ1) is 33.0. The van der Waals surface area contributed by atoms with Crippen molar-refractivity contribution in [1.29, 1.82) is 0 Å². The third-order valence-electron chi connectivity index (χ3n) is 7.96. The van der Waals surface area contributed by atoms with Crippen LogP contribution in [-0.2, 0) is 42.9 Å². The number of esters is 4. The van der Waals surface area contributed by atoms with Gasteiger partial charge in [0.25, 0.3) is 0 Å². The van der Waals surface area contributed by atoms with E-state index in [2.05, 4.69) is 15.9 Å². The van der Waals surface area contributed by atoms with E-state index in [9.17, 15) is 28.8 Å². The molecule has 5 rings (SSSR count). The van der Waals surface area contributed by atoms with Crippen LogP contribution >= 0.6 is 15.9 Å². The predicted octanol–water partition coefficient (Wildman–Crippen LogP) is 4.22. The Labute approximate surface area is 273 Å². The normalized spacial score (nSPS) is 26.8. The summed E-state index contributed by atoms with van der Waals surface area (Å²) in [5.74, 6) is -5.35. The van der Waals surface area contributed by atoms with Crippen molar-refractivity contribution in [3.63, 3.8) is 0 Å². The second kappa shape index (κ2) is 13.5. The molecule has 2 aliphatic carbocycles. The topological polar surface area (TPSA) is 149 Å². The SMILES string of the molecule is CC(=O)OC[C@H]1O[C@@H](C2C=CC(c3ccc(Br)cc3)C3=C2C(=O)c2ccccc2C3=O)[C@H](OC(C)=O)[C@@H](OC(C)=O)[C@@H]1OC(C)=O. The number of allylic oxidation sites excluding steroid dienone is 2. The molecule has 0 amide bonds. The fourth-order valence-electron chi connectivity index (χ4n) is 6.25. The van der Waals surface area contributed by atoms with Gasteiger partial charge in [0, 0.05) is 66.3 Å². The van der Waals surface area contributed by atoms with Crippen LogP contribution in [0.4, 0.5) is 0 Å². The number of benzene rings is 2. The lowest BCUT2D eigenvalue weighted by molar-refractivity contribution is -0.256. The van der Waals surface area contributed by atoms with Crippen molar-refractivity contribution in [2.45, 2.75) is 64.1 Å². The van der Waals surface area contributed by atoms with Crippen LogP contribution < -0.4 is 0 Å². The zero-order chi connectivity index (χ0) is 33.3. The lowest BCUT2D eigenvalue weighted by atomic mass is 9.67. The van der Waals surface area contributed by atoms with Gasteiger partial charge >= 0.3 is 23.9 Å². The van der Waals surface area contributed by atoms with Gasteiger partial charge in [0.1, 0.15) is 18.8 Å². The minimum atomic E-state index is -1.42. The van der Waals surface area contributed by atoms with E-state index in [1.54, 1.807) is 36.4 Å². The van der Waals surface area contributed by atoms with E-state index in [0.717, 1.165) is 30.8 Å². The highest BCUT2D eigenvalue weighted by molar-refractivity contribution is 9.10. The van der Waals surface area contributed by atoms with Gasteiger partial charge in [-0.3, -0.25) is 28.8 Å². The molecule has 3 aliphatic rings. The summed E-state index contributed by atoms with van der Waals surface area (Å²) in [6.07, 6.45) is -3.18. The van der Waals surface area contributed by atoms with E-state index in [4.69, 9.17) is 23.7 Å². The van der Waals surface area contributed by atoms with Crippen LogP contribution in [-0.4, -0.2) is 72.6 Å². The quantitative estimate of drug-likeness (QED) is 0.233. The van der Waals surface area contributed by atoms with Crippen LogP contribution in [0.25, 0.3) is 0 Å². The molecule has 46 heavy (non-hydrogen) atoms. The standard InChI is InChI=1S/C34H31BrO11/c1-16(36)42-15-26-32(43-17(2)37)34(45-19(4)39)33(44-18(3)38)31(46-26)25-14-13-22(20-9-11-21(35)12-10-20)27-28(25)30(41)24-8-6-5-7-23(24)29(27)40/h5-14,22,25-26,31-34H,15H2,1-4H3/t22?,25?,26-,31+,32-,33+,34+/m1/s1. The molecule has 0 aromatic heterocycles. The maximum Gasteiger partial charge on any atom is 0.303 e. The molecule has 0 radical (unpaired) electrons. The number of hydrogen-bond acceptors (Lipinski definition) is 11. The van der Waals surface area contributed by atoms with Gasteiger partial charge < -0.3 is 23.7 Å². The fourth-order valence-corrected chi connectivity index (χ4v) is 6.51. The van der Waals surface area contributed by atoms with Crippen molar-refractivity contribution in [3.05, 3.63) is 93.0 Å². The Morgan fingerprint density at radius 1 is 0.696 bits per heavy atom. The van der Waals surface area contributed by atoms with E-state index in [0.29, 0.717) is 0 Å². The van der Waals surface area contributed by atoms with Crippen molar-refractivity contribution in [2.75, 3.05) is 6.61 Å². The second-order valence-electron chi connectivity index (χ2n) is 11.1. The first-order valence-electron chi connectivity index (χ1n) is 14.5. The van der Waals surface area contributed by atoms with Crippen molar-refractivity contribution in [2.24, 2.45) is 5.92 Å². The maximum absolute atomic E-state index is 14.3. The van der Waals surface area contributed by atoms with Crippen LogP contribution in [0.15, 0.2) is 76.3 Å². The van der Waals surface area contributed by atoms with Crippen LogP contribution in [0.2, 0.25) is 0 Å². The van der Waals surface area contributed by atoms with Gasteiger partial charge in [0.15, 0.2) is 29.9 Å². The van der Waals surface area contributed by atoms with Crippen LogP contribution in [0.3, 0.4) is 0 Å². The van der Waals surface area contributed by atoms with E-state index in [1.165, 1.54) is 6.92 Å². The Hall–Kier alpha value is -4.42. The van der Waals surface area contributed by atoms with Crippen LogP contribution in [0.5, 0.6) is 0 Å². The largest absolute Gasteiger partial charge is 0.463 e. The molecule has 1 saturated heterocycles. The molecule has 1 fully saturated rings. The van der Waals surface area contributed by atoms with Gasteiger partial charge in [-0.2, -0.15) is 0 Å². The Morgan fingerprint density at radius 2 is 1.24 bits per heavy atom. The van der Waals surface area contributed by atoms with Crippen LogP contribution in [0.1, 0.15) is 59.9 Å². The number of carbonyl (C=O) groups excluding carboxylic acids is 6. The molecule has 1 aliphatic heterocycles. The number of hydrogen-bond donors (Lipinski definition) is 0. The molecule has 12 heteroatoms. The minimum absolute atomic E-state index is 0.125. The van der Waals surface area contributed by atoms with E-state index < -0.39 is 78.6 Å². The smallest absolute Gasteiger partial charge is 0.303 e. The van der Waals surface area contributed by atoms with Crippen LogP contribution in [0, 0.1) is 5.92 Å². The highest BCUT2D eigenvalue weighted by Crippen LogP contribution is 2.46. The van der Waals surface area contributed by atoms with Crippen molar-refractivity contribution in [3.8, 4) is 0 Å². The molecular weight excluding hydrogens is 664 g/mol. The number of ether oxygens (including phenoxy) is 5. The first-order valence-corrected chi connectivity index (χ1v) is 15.3. The Morgan fingerprint density at radius 3 is 1.80 bits per heavy atom. The van der Waals surface area contributed by atoms with Crippen molar-refractivity contribution < 1.29 is 52.5 Å². The summed E-state index contributed by atoms with van der Waals surface area (Å²) in [6, 6.07) is 13.9. The first-order chi connectivity index (χ1) is 21.9. The fraction of sp³-hybridized carbons (Fsp3) is 0.353. The Kier molecular flexibility index (Phi) is 9.68. The third kappa shape index (κ3) is 6.59. The zero-order valence-electron chi connectivity index (χ0n) is 25.4. The average Bonchev–Trinajstić information content (AvgIpc) is 3.00. The van der Waals surface area contributed by atoms with Crippen molar-refractivity contribution >= 4 is 51.4 Å². The summed E-state index contributed by atoms with van der Waals surface area (Å²) >= 11 is 3.43. The molecule has 0 N–H and O–H groups in total. The second-order valence-corrected chi connectivity index (χ2v) is 12.1. The van der Waals surface area contributed by atoms with E-state index in [1.807, 2.05) is 24.3 Å². The molecule has 0 bridgehead atoms. The summed E-state index contributed by atoms with van der Waals surface area (Å²) < 4.78 is 29.3. The molecule has 0 spiro atoms. The number of fused-ring (bicyclic) bond motifs is 1. The molecule has 2 unspecified atom stereocenters. The Bertz CT molecular complexity index is 1660. The molecule has 1 heterocycles. The minimum Gasteiger partial charge on any atom is -0.463 e. The number of Topliss-reactive ketones (excluding diaryl/α,β-unsaturated/α-hetero) is 2. The van der Waals surface area contributed by atoms with Gasteiger partial charge in [0.05, 0.1) is 0 Å². The van der Waals surface area contributed by atoms with Gasteiger partial charge in [-0.15, -0.1) is 0 Å². The molecule has 0 saturated carbocycles. The number of halogens is 1. The molecule has 11 nitrogen and oxygen atoms in total. The predicted molar refractivity (Wildman–Crippen MR) is 164 cm³/mol. The van der Waals surface area contributed by atoms with Gasteiger partial charge in [0.2, 0.25) is 0 Å². The monoisotopic (exact) mass is 694 g/mol. The zero-order valence-corrected chi connectivity index (χ0v) is 27.0. The van der Waals surface area contributed by atoms with Crippen molar-refractivity contribution in [1.82, 2.24) is 0 Å². The number of rotatable bonds is 7. The molecule has 7 atom stereocenters. The third-order valence-corrected chi connectivity index (χ3v) is 8.49. The molecule has 2 aromatic carbocycles. The maximum atomic E-state index is 14.3. The Balaban J connectivity index is 1.69. The highest BCUT2D eigenvalue weighted by Gasteiger charge is 2.56. The number of carbonyl (C=O) groups is 6. The molecular formula is C34H31BrO11. The highest BCUT2D eigenvalue weighted by atomic mass is 79.9. The van der Waals surface area contributed by atoms with E-state index in [-0.39, 0.29) is 28.1 Å². The summed E-state index contributed by atoms with van der Waals surface area (Å²) in [7, 11) is 0. The lowest BCUT2D eigenvalue weighted by Crippen LogP contribution is -2.64. The summed E-state index contributed by atoms with van der Waals surface area (Å²) in [5, 5.41) is 0. The summed E-state index contributed by atoms with van der Waals surface area (Å²) in [6.45, 7) is 4.16. The summed E-state index contributed by atoms with van der Waals surface area (Å²) in [5.41, 5.74) is 1.56. The number of ketones is 2. The lowest BCUT2D eigenvalue weighted by Gasteiger charge is -2.47. The van der Waals surface area contributed by atoms with Gasteiger partial charge in [-0.25, -0.2) is 0 Å². The van der Waals surface area contributed by atoms with Gasteiger partial charge in [-0.05, 0) is 17.7 Å².